The number of methoxy groups -OCH3 is 1. The van der Waals surface area contributed by atoms with E-state index in [0.29, 0.717) is 64.5 Å². The number of hydrogen-bond donors (Lipinski definition) is 3. The molecule has 0 spiro atoms. The number of ether oxygens (including phenoxy) is 2. The first-order chi connectivity index (χ1) is 27.8. The summed E-state index contributed by atoms with van der Waals surface area (Å²) in [5.41, 5.74) is 1.10. The van der Waals surface area contributed by atoms with E-state index in [1.54, 1.807) is 32.4 Å². The minimum Gasteiger partial charge on any atom is -0.496 e. The smallest absolute Gasteiger partial charge is 0.259 e. The van der Waals surface area contributed by atoms with Gasteiger partial charge in [-0.25, -0.2) is 22.8 Å². The molecule has 16 heteroatoms. The molecule has 2 aromatic carbocycles. The van der Waals surface area contributed by atoms with E-state index in [-0.39, 0.29) is 25.3 Å². The predicted octanol–water partition coefficient (Wildman–Crippen LogP) is 6.04. The van der Waals surface area contributed by atoms with Crippen molar-refractivity contribution in [2.75, 3.05) is 19.0 Å². The number of nitrogens with zero attached hydrogens (tertiary/aromatic N) is 3. The number of halogens is 1. The number of pyridine rings is 1. The first kappa shape index (κ1) is 39.7. The van der Waals surface area contributed by atoms with E-state index >= 15 is 0 Å². The maximum atomic E-state index is 14.8. The summed E-state index contributed by atoms with van der Waals surface area (Å²) in [6.45, 7) is 3.55. The number of carbonyl (C=O) groups excluding carboxylic acids is 3. The van der Waals surface area contributed by atoms with Crippen LogP contribution in [0.5, 0.6) is 11.5 Å². The molecule has 2 aliphatic carbocycles. The fourth-order valence-corrected chi connectivity index (χ4v) is 9.94. The second-order valence-electron chi connectivity index (χ2n) is 16.0. The van der Waals surface area contributed by atoms with Gasteiger partial charge in [-0.05, 0) is 88.8 Å². The molecule has 58 heavy (non-hydrogen) atoms. The first-order valence-electron chi connectivity index (χ1n) is 19.7. The van der Waals surface area contributed by atoms with Crippen LogP contribution in [0.4, 0.5) is 10.1 Å². The van der Waals surface area contributed by atoms with E-state index in [2.05, 4.69) is 20.3 Å². The van der Waals surface area contributed by atoms with E-state index in [1.807, 2.05) is 42.7 Å². The summed E-state index contributed by atoms with van der Waals surface area (Å²) in [7, 11) is -2.40. The SMILES string of the molecule is COc1ccc2c(O[C@@H]3C[C@H]4C(=O)N[C@]5(C(=O)NS(=O)(=O)C6(C)CC6)C[C@H]5/C=C\CCCCC[C@H](Nc5ccc(F)cc5)C(=O)N4C3)cc(-c3nccs3)nc2c1C. The predicted molar refractivity (Wildman–Crippen MR) is 218 cm³/mol. The van der Waals surface area contributed by atoms with Crippen molar-refractivity contribution in [2.45, 2.75) is 100 Å². The first-order valence-corrected chi connectivity index (χ1v) is 22.1. The van der Waals surface area contributed by atoms with Crippen molar-refractivity contribution in [3.63, 3.8) is 0 Å². The van der Waals surface area contributed by atoms with Crippen molar-refractivity contribution in [2.24, 2.45) is 5.92 Å². The van der Waals surface area contributed by atoms with Crippen LogP contribution in [0.3, 0.4) is 0 Å². The van der Waals surface area contributed by atoms with Crippen LogP contribution in [0.1, 0.15) is 70.3 Å². The number of aryl methyl sites for hydroxylation is 1. The van der Waals surface area contributed by atoms with Gasteiger partial charge in [0.05, 0.1) is 23.9 Å². The summed E-state index contributed by atoms with van der Waals surface area (Å²) in [4.78, 5) is 54.3. The summed E-state index contributed by atoms with van der Waals surface area (Å²) < 4.78 is 54.0. The average Bonchev–Trinajstić information content (AvgIpc) is 3.95. The number of sulfonamides is 1. The molecule has 8 rings (SSSR count). The van der Waals surface area contributed by atoms with Crippen molar-refractivity contribution in [1.29, 1.82) is 0 Å². The summed E-state index contributed by atoms with van der Waals surface area (Å²) in [5.74, 6) is -1.40. The standard InChI is InChI=1S/C42H47FN6O7S2/c1-25-34(55-3)16-15-30-35(22-32(46-36(25)30)38-44-19-20-57-38)56-29-21-33-37(50)47-42(40(52)48-58(53,54)41(2)17-18-41)23-26(42)9-7-5-4-6-8-10-31(39(51)49(33)24-29)45-28-13-11-27(43)12-14-28/h7,9,11-16,19-20,22,26,29,31,33,45H,4-6,8,10,17-18,21,23-24H2,1-3H3,(H,47,50)(H,48,52)/b9-7-/t26-,29-,31+,33+,42-/m1/s1. The molecule has 4 aromatic rings. The molecule has 4 aliphatic rings. The van der Waals surface area contributed by atoms with E-state index in [9.17, 15) is 27.2 Å². The molecular formula is C42H47FN6O7S2. The summed E-state index contributed by atoms with van der Waals surface area (Å²) >= 11 is 1.43. The normalized spacial score (nSPS) is 26.3. The Morgan fingerprint density at radius 3 is 2.60 bits per heavy atom. The molecular weight excluding hydrogens is 784 g/mol. The fourth-order valence-electron chi connectivity index (χ4n) is 8.03. The Bertz CT molecular complexity index is 2370. The second kappa shape index (κ2) is 15.6. The van der Waals surface area contributed by atoms with Crippen LogP contribution in [-0.2, 0) is 24.4 Å². The van der Waals surface area contributed by atoms with E-state index in [0.717, 1.165) is 24.8 Å². The number of benzene rings is 2. The lowest BCUT2D eigenvalue weighted by atomic mass is 10.0. The van der Waals surface area contributed by atoms with Gasteiger partial charge < -0.3 is 25.0 Å². The Labute approximate surface area is 340 Å². The highest BCUT2D eigenvalue weighted by Gasteiger charge is 2.63. The van der Waals surface area contributed by atoms with Gasteiger partial charge in [0.15, 0.2) is 0 Å². The van der Waals surface area contributed by atoms with Gasteiger partial charge in [-0.1, -0.05) is 25.0 Å². The minimum absolute atomic E-state index is 0.0410. The zero-order valence-electron chi connectivity index (χ0n) is 32.6. The molecule has 13 nitrogen and oxygen atoms in total. The quantitative estimate of drug-likeness (QED) is 0.169. The molecule has 3 fully saturated rings. The third-order valence-electron chi connectivity index (χ3n) is 12.0. The number of thiazole rings is 1. The average molecular weight is 831 g/mol. The topological polar surface area (TPSA) is 169 Å². The highest BCUT2D eigenvalue weighted by atomic mass is 32.2. The number of hydrogen-bond acceptors (Lipinski definition) is 11. The lowest BCUT2D eigenvalue weighted by molar-refractivity contribution is -0.140. The summed E-state index contributed by atoms with van der Waals surface area (Å²) in [6.07, 6.45) is 9.60. The number of nitrogens with one attached hydrogen (secondary N) is 3. The molecule has 2 aliphatic heterocycles. The summed E-state index contributed by atoms with van der Waals surface area (Å²) in [6, 6.07) is 9.46. The maximum absolute atomic E-state index is 14.8. The van der Waals surface area contributed by atoms with Gasteiger partial charge in [-0.15, -0.1) is 11.3 Å². The molecule has 0 unspecified atom stereocenters. The van der Waals surface area contributed by atoms with Crippen molar-refractivity contribution >= 4 is 55.7 Å². The molecule has 3 amide bonds. The van der Waals surface area contributed by atoms with Crippen LogP contribution in [0.2, 0.25) is 0 Å². The lowest BCUT2D eigenvalue weighted by Crippen LogP contribution is -2.58. The van der Waals surface area contributed by atoms with Gasteiger partial charge in [0.25, 0.3) is 5.91 Å². The Kier molecular flexibility index (Phi) is 10.7. The number of carbonyl (C=O) groups is 3. The number of fused-ring (bicyclic) bond motifs is 3. The number of aromatic nitrogens is 2. The van der Waals surface area contributed by atoms with Crippen LogP contribution < -0.4 is 24.8 Å². The Morgan fingerprint density at radius 2 is 1.88 bits per heavy atom. The van der Waals surface area contributed by atoms with Crippen LogP contribution in [0, 0.1) is 18.7 Å². The van der Waals surface area contributed by atoms with Crippen molar-refractivity contribution in [3.8, 4) is 22.2 Å². The Morgan fingerprint density at radius 1 is 1.09 bits per heavy atom. The molecule has 2 saturated carbocycles. The van der Waals surface area contributed by atoms with E-state index in [1.165, 1.54) is 28.4 Å². The van der Waals surface area contributed by atoms with Crippen LogP contribution in [0.25, 0.3) is 21.6 Å². The maximum Gasteiger partial charge on any atom is 0.259 e. The van der Waals surface area contributed by atoms with E-state index in [4.69, 9.17) is 14.5 Å². The Balaban J connectivity index is 1.14. The summed E-state index contributed by atoms with van der Waals surface area (Å²) in [5, 5.41) is 9.50. The van der Waals surface area contributed by atoms with Gasteiger partial charge in [-0.3, -0.25) is 19.1 Å². The molecule has 3 N–H and O–H groups in total. The number of anilines is 1. The van der Waals surface area contributed by atoms with Gasteiger partial charge >= 0.3 is 0 Å². The van der Waals surface area contributed by atoms with Gasteiger partial charge in [0, 0.05) is 46.6 Å². The van der Waals surface area contributed by atoms with Crippen molar-refractivity contribution < 1.29 is 36.7 Å². The number of amides is 3. The zero-order valence-corrected chi connectivity index (χ0v) is 34.3. The largest absolute Gasteiger partial charge is 0.496 e. The Hall–Kier alpha value is -5.09. The van der Waals surface area contributed by atoms with Crippen molar-refractivity contribution in [1.82, 2.24) is 24.9 Å². The molecule has 1 saturated heterocycles. The number of rotatable bonds is 9. The number of allylic oxidation sites excluding steroid dienone is 1. The minimum atomic E-state index is -3.99. The van der Waals surface area contributed by atoms with Crippen molar-refractivity contribution in [3.05, 3.63) is 77.6 Å². The third-order valence-corrected chi connectivity index (χ3v) is 14.9. The van der Waals surface area contributed by atoms with Gasteiger partial charge in [-0.2, -0.15) is 0 Å². The molecule has 2 aromatic heterocycles. The highest BCUT2D eigenvalue weighted by molar-refractivity contribution is 7.91. The lowest BCUT2D eigenvalue weighted by Gasteiger charge is -2.30. The van der Waals surface area contributed by atoms with Crippen LogP contribution in [-0.4, -0.2) is 83.1 Å². The highest BCUT2D eigenvalue weighted by Crippen LogP contribution is 2.48. The van der Waals surface area contributed by atoms with Crippen LogP contribution >= 0.6 is 11.3 Å². The molecule has 0 bridgehead atoms. The zero-order chi connectivity index (χ0) is 40.8. The van der Waals surface area contributed by atoms with E-state index < -0.39 is 62.0 Å². The molecule has 4 heterocycles. The monoisotopic (exact) mass is 830 g/mol. The molecule has 0 radical (unpaired) electrons. The third kappa shape index (κ3) is 7.75. The van der Waals surface area contributed by atoms with Gasteiger partial charge in [0.2, 0.25) is 21.8 Å². The van der Waals surface area contributed by atoms with Crippen LogP contribution in [0.15, 0.2) is 66.2 Å². The molecule has 5 atom stereocenters. The molecule has 306 valence electrons. The second-order valence-corrected chi connectivity index (χ2v) is 19.1. The van der Waals surface area contributed by atoms with Gasteiger partial charge in [0.1, 0.15) is 51.7 Å². The fraction of sp³-hybridized carbons (Fsp3) is 0.452.